The third-order valence-electron chi connectivity index (χ3n) is 2.76. The first-order valence-electron chi connectivity index (χ1n) is 5.22. The molecule has 1 fully saturated rings. The van der Waals surface area contributed by atoms with Crippen LogP contribution in [-0.2, 0) is 10.3 Å². The molecule has 3 heteroatoms. The first-order chi connectivity index (χ1) is 6.62. The quantitative estimate of drug-likeness (QED) is 0.749. The van der Waals surface area contributed by atoms with Crippen LogP contribution < -0.4 is 0 Å². The van der Waals surface area contributed by atoms with Crippen LogP contribution in [-0.4, -0.2) is 11.6 Å². The molecule has 0 amide bonds. The van der Waals surface area contributed by atoms with E-state index in [4.69, 9.17) is 4.74 Å². The summed E-state index contributed by atoms with van der Waals surface area (Å²) in [6.45, 7) is 7.44. The smallest absolute Gasteiger partial charge is 0.125 e. The van der Waals surface area contributed by atoms with Crippen LogP contribution in [0.25, 0.3) is 0 Å². The molecule has 2 nitrogen and oxygen atoms in total. The van der Waals surface area contributed by atoms with E-state index in [0.29, 0.717) is 5.92 Å². The fraction of sp³-hybridized carbons (Fsp3) is 0.727. The fourth-order valence-corrected chi connectivity index (χ4v) is 2.79. The van der Waals surface area contributed by atoms with Gasteiger partial charge in [-0.25, -0.2) is 4.98 Å². The molecule has 1 unspecified atom stereocenters. The van der Waals surface area contributed by atoms with Crippen molar-refractivity contribution in [3.05, 3.63) is 16.1 Å². The lowest BCUT2D eigenvalue weighted by Gasteiger charge is -2.19. The largest absolute Gasteiger partial charge is 0.368 e. The van der Waals surface area contributed by atoms with Gasteiger partial charge in [-0.1, -0.05) is 13.8 Å². The van der Waals surface area contributed by atoms with E-state index < -0.39 is 0 Å². The van der Waals surface area contributed by atoms with Crippen LogP contribution in [0.3, 0.4) is 0 Å². The molecule has 14 heavy (non-hydrogen) atoms. The number of thiazole rings is 1. The molecule has 0 N–H and O–H groups in total. The van der Waals surface area contributed by atoms with Crippen LogP contribution in [0.1, 0.15) is 49.4 Å². The van der Waals surface area contributed by atoms with E-state index in [-0.39, 0.29) is 5.60 Å². The zero-order valence-corrected chi connectivity index (χ0v) is 9.86. The summed E-state index contributed by atoms with van der Waals surface area (Å²) in [6, 6.07) is 0. The summed E-state index contributed by atoms with van der Waals surface area (Å²) in [5, 5.41) is 1.15. The van der Waals surface area contributed by atoms with Gasteiger partial charge < -0.3 is 4.74 Å². The maximum absolute atomic E-state index is 5.77. The Morgan fingerprint density at radius 3 is 2.86 bits per heavy atom. The number of hydrogen-bond acceptors (Lipinski definition) is 3. The standard InChI is InChI=1S/C11H17NOS/c1-8(2)9-7-12-10(14-9)11(3)5-4-6-13-11/h7-8H,4-6H2,1-3H3. The van der Waals surface area contributed by atoms with E-state index in [9.17, 15) is 0 Å². The molecule has 2 rings (SSSR count). The second-order valence-corrected chi connectivity index (χ2v) is 5.47. The van der Waals surface area contributed by atoms with E-state index in [0.717, 1.165) is 24.5 Å². The lowest BCUT2D eigenvalue weighted by molar-refractivity contribution is 0.0166. The highest BCUT2D eigenvalue weighted by Gasteiger charge is 2.34. The molecule has 0 aliphatic carbocycles. The van der Waals surface area contributed by atoms with Crippen molar-refractivity contribution < 1.29 is 4.74 Å². The van der Waals surface area contributed by atoms with Gasteiger partial charge in [0, 0.05) is 17.7 Å². The Balaban J connectivity index is 2.23. The maximum Gasteiger partial charge on any atom is 0.125 e. The Morgan fingerprint density at radius 1 is 1.57 bits per heavy atom. The minimum Gasteiger partial charge on any atom is -0.368 e. The minimum atomic E-state index is -0.0994. The lowest BCUT2D eigenvalue weighted by Crippen LogP contribution is -2.19. The van der Waals surface area contributed by atoms with E-state index in [2.05, 4.69) is 25.8 Å². The third-order valence-corrected chi connectivity index (χ3v) is 4.31. The molecule has 1 aromatic heterocycles. The first-order valence-corrected chi connectivity index (χ1v) is 6.03. The Labute approximate surface area is 89.3 Å². The van der Waals surface area contributed by atoms with Gasteiger partial charge >= 0.3 is 0 Å². The van der Waals surface area contributed by atoms with E-state index in [1.165, 1.54) is 4.88 Å². The van der Waals surface area contributed by atoms with Crippen molar-refractivity contribution in [2.45, 2.75) is 45.1 Å². The summed E-state index contributed by atoms with van der Waals surface area (Å²) in [5.74, 6) is 0.575. The van der Waals surface area contributed by atoms with E-state index in [1.807, 2.05) is 6.20 Å². The van der Waals surface area contributed by atoms with Crippen molar-refractivity contribution in [1.29, 1.82) is 0 Å². The molecule has 1 atom stereocenters. The Morgan fingerprint density at radius 2 is 2.36 bits per heavy atom. The molecule has 0 aromatic carbocycles. The lowest BCUT2D eigenvalue weighted by atomic mass is 10.0. The number of rotatable bonds is 2. The Kier molecular flexibility index (Phi) is 2.62. The van der Waals surface area contributed by atoms with Gasteiger partial charge in [0.1, 0.15) is 10.6 Å². The summed E-state index contributed by atoms with van der Waals surface area (Å²) in [6.07, 6.45) is 4.27. The predicted molar refractivity (Wildman–Crippen MR) is 58.7 cm³/mol. The monoisotopic (exact) mass is 211 g/mol. The van der Waals surface area contributed by atoms with Crippen LogP contribution in [0.5, 0.6) is 0 Å². The normalized spacial score (nSPS) is 27.4. The Hall–Kier alpha value is -0.410. The van der Waals surface area contributed by atoms with Crippen LogP contribution in [0, 0.1) is 0 Å². The molecular formula is C11H17NOS. The van der Waals surface area contributed by atoms with Crippen LogP contribution >= 0.6 is 11.3 Å². The van der Waals surface area contributed by atoms with E-state index >= 15 is 0 Å². The third kappa shape index (κ3) is 1.71. The van der Waals surface area contributed by atoms with Crippen LogP contribution in [0.15, 0.2) is 6.20 Å². The van der Waals surface area contributed by atoms with Crippen LogP contribution in [0.4, 0.5) is 0 Å². The van der Waals surface area contributed by atoms with Gasteiger partial charge in [0.05, 0.1) is 0 Å². The topological polar surface area (TPSA) is 22.1 Å². The van der Waals surface area contributed by atoms with Gasteiger partial charge in [-0.15, -0.1) is 11.3 Å². The highest BCUT2D eigenvalue weighted by Crippen LogP contribution is 2.38. The highest BCUT2D eigenvalue weighted by atomic mass is 32.1. The molecule has 1 aliphatic heterocycles. The van der Waals surface area contributed by atoms with Crippen molar-refractivity contribution in [1.82, 2.24) is 4.98 Å². The average Bonchev–Trinajstić information content (AvgIpc) is 2.71. The maximum atomic E-state index is 5.77. The summed E-state index contributed by atoms with van der Waals surface area (Å²) < 4.78 is 5.77. The number of nitrogens with zero attached hydrogens (tertiary/aromatic N) is 1. The van der Waals surface area contributed by atoms with Crippen molar-refractivity contribution in [2.24, 2.45) is 0 Å². The molecule has 1 aliphatic rings. The molecule has 0 spiro atoms. The zero-order valence-electron chi connectivity index (χ0n) is 9.04. The summed E-state index contributed by atoms with van der Waals surface area (Å²) >= 11 is 1.80. The van der Waals surface area contributed by atoms with Crippen LogP contribution in [0.2, 0.25) is 0 Å². The number of hydrogen-bond donors (Lipinski definition) is 0. The van der Waals surface area contributed by atoms with Gasteiger partial charge in [0.2, 0.25) is 0 Å². The number of aromatic nitrogens is 1. The van der Waals surface area contributed by atoms with Gasteiger partial charge in [-0.3, -0.25) is 0 Å². The van der Waals surface area contributed by atoms with Crippen molar-refractivity contribution in [3.63, 3.8) is 0 Å². The summed E-state index contributed by atoms with van der Waals surface area (Å²) in [7, 11) is 0. The zero-order chi connectivity index (χ0) is 10.2. The molecule has 0 saturated carbocycles. The second-order valence-electron chi connectivity index (χ2n) is 4.41. The summed E-state index contributed by atoms with van der Waals surface area (Å²) in [4.78, 5) is 5.84. The van der Waals surface area contributed by atoms with Gasteiger partial charge in [0.15, 0.2) is 0 Å². The molecule has 0 bridgehead atoms. The SMILES string of the molecule is CC(C)c1cnc(C2(C)CCCO2)s1. The summed E-state index contributed by atoms with van der Waals surface area (Å²) in [5.41, 5.74) is -0.0994. The molecule has 78 valence electrons. The predicted octanol–water partition coefficient (Wildman–Crippen LogP) is 3.29. The number of ether oxygens (including phenoxy) is 1. The fourth-order valence-electron chi connectivity index (χ4n) is 1.75. The van der Waals surface area contributed by atoms with Crippen molar-refractivity contribution in [3.8, 4) is 0 Å². The molecule has 0 radical (unpaired) electrons. The van der Waals surface area contributed by atoms with Gasteiger partial charge in [-0.2, -0.15) is 0 Å². The molecule has 2 heterocycles. The first kappa shape index (κ1) is 10.1. The average molecular weight is 211 g/mol. The van der Waals surface area contributed by atoms with Gasteiger partial charge in [-0.05, 0) is 25.7 Å². The van der Waals surface area contributed by atoms with Crippen molar-refractivity contribution >= 4 is 11.3 Å². The van der Waals surface area contributed by atoms with E-state index in [1.54, 1.807) is 11.3 Å². The van der Waals surface area contributed by atoms with Gasteiger partial charge in [0.25, 0.3) is 0 Å². The van der Waals surface area contributed by atoms with Crippen molar-refractivity contribution in [2.75, 3.05) is 6.61 Å². The molecule has 1 saturated heterocycles. The minimum absolute atomic E-state index is 0.0994. The Bertz CT molecular complexity index is 313. The molecular weight excluding hydrogens is 194 g/mol. The second kappa shape index (κ2) is 3.63. The highest BCUT2D eigenvalue weighted by molar-refractivity contribution is 7.11. The molecule has 1 aromatic rings.